The predicted molar refractivity (Wildman–Crippen MR) is 125 cm³/mol. The van der Waals surface area contributed by atoms with E-state index in [9.17, 15) is 9.59 Å². The molecule has 0 aliphatic carbocycles. The molecule has 152 valence electrons. The van der Waals surface area contributed by atoms with Crippen molar-refractivity contribution in [3.8, 4) is 5.69 Å². The van der Waals surface area contributed by atoms with Gasteiger partial charge in [0.05, 0.1) is 27.9 Å². The van der Waals surface area contributed by atoms with Crippen LogP contribution in [0.15, 0.2) is 71.5 Å². The predicted octanol–water partition coefficient (Wildman–Crippen LogP) is 4.52. The van der Waals surface area contributed by atoms with Crippen LogP contribution in [0.5, 0.6) is 0 Å². The maximum absolute atomic E-state index is 13.5. The van der Waals surface area contributed by atoms with Crippen molar-refractivity contribution >= 4 is 34.1 Å². The van der Waals surface area contributed by atoms with Gasteiger partial charge in [0.25, 0.3) is 11.5 Å². The van der Waals surface area contributed by atoms with Gasteiger partial charge in [0, 0.05) is 12.6 Å². The molecule has 4 aromatic rings. The summed E-state index contributed by atoms with van der Waals surface area (Å²) in [6.45, 7) is 3.96. The highest BCUT2D eigenvalue weighted by Crippen LogP contribution is 2.37. The SMILES string of the molecule is Cc1ccc2c(c1)/C(=C/c1nc3ccccc3c(=O)n1-c1ccccc1C)C(=O)N2C. The lowest BCUT2D eigenvalue weighted by molar-refractivity contribution is -0.112. The van der Waals surface area contributed by atoms with Crippen molar-refractivity contribution in [1.82, 2.24) is 9.55 Å². The molecule has 1 aromatic heterocycles. The number of anilines is 1. The zero-order valence-electron chi connectivity index (χ0n) is 17.6. The van der Waals surface area contributed by atoms with Gasteiger partial charge in [-0.1, -0.05) is 42.0 Å². The first-order chi connectivity index (χ1) is 15.0. The van der Waals surface area contributed by atoms with Crippen LogP contribution in [0.3, 0.4) is 0 Å². The van der Waals surface area contributed by atoms with Crippen LogP contribution in [-0.4, -0.2) is 22.5 Å². The molecule has 0 bridgehead atoms. The lowest BCUT2D eigenvalue weighted by Crippen LogP contribution is -2.24. The zero-order chi connectivity index (χ0) is 21.7. The maximum Gasteiger partial charge on any atom is 0.266 e. The molecule has 0 saturated carbocycles. The molecule has 5 heteroatoms. The summed E-state index contributed by atoms with van der Waals surface area (Å²) in [7, 11) is 1.76. The van der Waals surface area contributed by atoms with Crippen molar-refractivity contribution in [2.75, 3.05) is 11.9 Å². The molecule has 0 N–H and O–H groups in total. The lowest BCUT2D eigenvalue weighted by atomic mass is 10.0. The summed E-state index contributed by atoms with van der Waals surface area (Å²) in [6, 6.07) is 20.9. The van der Waals surface area contributed by atoms with E-state index < -0.39 is 0 Å². The molecular formula is C26H21N3O2. The first-order valence-electron chi connectivity index (χ1n) is 10.1. The Morgan fingerprint density at radius 1 is 0.871 bits per heavy atom. The molecule has 5 nitrogen and oxygen atoms in total. The van der Waals surface area contributed by atoms with Gasteiger partial charge >= 0.3 is 0 Å². The van der Waals surface area contributed by atoms with E-state index in [0.29, 0.717) is 22.3 Å². The van der Waals surface area contributed by atoms with Gasteiger partial charge in [0.1, 0.15) is 5.82 Å². The van der Waals surface area contributed by atoms with Gasteiger partial charge in [-0.2, -0.15) is 0 Å². The summed E-state index contributed by atoms with van der Waals surface area (Å²) in [5.41, 5.74) is 5.45. The number of carbonyl (C=O) groups is 1. The molecule has 5 rings (SSSR count). The fourth-order valence-corrected chi connectivity index (χ4v) is 4.13. The van der Waals surface area contributed by atoms with Gasteiger partial charge in [0.15, 0.2) is 0 Å². The normalized spacial score (nSPS) is 14.5. The number of rotatable bonds is 2. The lowest BCUT2D eigenvalue weighted by Gasteiger charge is -2.14. The zero-order valence-corrected chi connectivity index (χ0v) is 17.6. The van der Waals surface area contributed by atoms with Crippen LogP contribution in [0.4, 0.5) is 5.69 Å². The third-order valence-electron chi connectivity index (χ3n) is 5.77. The van der Waals surface area contributed by atoms with E-state index in [1.165, 1.54) is 0 Å². The van der Waals surface area contributed by atoms with Crippen molar-refractivity contribution in [3.63, 3.8) is 0 Å². The quantitative estimate of drug-likeness (QED) is 0.459. The number of fused-ring (bicyclic) bond motifs is 2. The van der Waals surface area contributed by atoms with Gasteiger partial charge in [-0.05, 0) is 55.8 Å². The Labute approximate surface area is 179 Å². The number of hydrogen-bond acceptors (Lipinski definition) is 3. The first-order valence-corrected chi connectivity index (χ1v) is 10.1. The molecule has 0 unspecified atom stereocenters. The standard InChI is InChI=1S/C26H21N3O2/c1-16-12-13-23-19(14-16)20(25(30)28(23)3)15-24-27-21-10-6-5-9-18(21)26(31)29(24)22-11-7-4-8-17(22)2/h4-15H,1-3H3/b20-15-. The van der Waals surface area contributed by atoms with Crippen molar-refractivity contribution < 1.29 is 4.79 Å². The van der Waals surface area contributed by atoms with E-state index in [4.69, 9.17) is 4.98 Å². The summed E-state index contributed by atoms with van der Waals surface area (Å²) in [6.07, 6.45) is 1.74. The molecule has 0 saturated heterocycles. The summed E-state index contributed by atoms with van der Waals surface area (Å²) in [5.74, 6) is 0.323. The second-order valence-electron chi connectivity index (χ2n) is 7.86. The number of likely N-dealkylation sites (N-methyl/N-ethyl adjacent to an activating group) is 1. The molecule has 1 aliphatic heterocycles. The number of amides is 1. The highest BCUT2D eigenvalue weighted by Gasteiger charge is 2.30. The van der Waals surface area contributed by atoms with E-state index in [2.05, 4.69) is 0 Å². The topological polar surface area (TPSA) is 55.2 Å². The van der Waals surface area contributed by atoms with E-state index in [1.54, 1.807) is 28.7 Å². The van der Waals surface area contributed by atoms with Crippen molar-refractivity contribution in [1.29, 1.82) is 0 Å². The van der Waals surface area contributed by atoms with E-state index >= 15 is 0 Å². The molecule has 0 fully saturated rings. The molecule has 3 aromatic carbocycles. The summed E-state index contributed by atoms with van der Waals surface area (Å²) in [5, 5.41) is 0.541. The fraction of sp³-hybridized carbons (Fsp3) is 0.115. The molecule has 1 amide bonds. The van der Waals surface area contributed by atoms with Gasteiger partial charge in [-0.3, -0.25) is 14.2 Å². The molecule has 31 heavy (non-hydrogen) atoms. The minimum atomic E-state index is -0.157. The number of carbonyl (C=O) groups excluding carboxylic acids is 1. The Hall–Kier alpha value is -3.99. The smallest absolute Gasteiger partial charge is 0.266 e. The number of nitrogens with zero attached hydrogens (tertiary/aromatic N) is 3. The van der Waals surface area contributed by atoms with Crippen LogP contribution >= 0.6 is 0 Å². The second kappa shape index (κ2) is 7.06. The third-order valence-corrected chi connectivity index (χ3v) is 5.77. The Bertz CT molecular complexity index is 1460. The average molecular weight is 407 g/mol. The summed E-state index contributed by atoms with van der Waals surface area (Å²) in [4.78, 5) is 33.0. The Balaban J connectivity index is 1.85. The fourth-order valence-electron chi connectivity index (χ4n) is 4.13. The third kappa shape index (κ3) is 2.97. The summed E-state index contributed by atoms with van der Waals surface area (Å²) >= 11 is 0. The minimum Gasteiger partial charge on any atom is -0.311 e. The molecule has 0 atom stereocenters. The molecule has 0 spiro atoms. The Morgan fingerprint density at radius 3 is 2.42 bits per heavy atom. The average Bonchev–Trinajstić information content (AvgIpc) is 2.99. The van der Waals surface area contributed by atoms with Crippen LogP contribution in [0.25, 0.3) is 28.2 Å². The number of aryl methyl sites for hydroxylation is 2. The number of hydrogen-bond donors (Lipinski definition) is 0. The Kier molecular flexibility index (Phi) is 4.33. The minimum absolute atomic E-state index is 0.112. The van der Waals surface area contributed by atoms with Crippen molar-refractivity contribution in [2.45, 2.75) is 13.8 Å². The monoisotopic (exact) mass is 407 g/mol. The maximum atomic E-state index is 13.5. The highest BCUT2D eigenvalue weighted by atomic mass is 16.2. The van der Waals surface area contributed by atoms with Gasteiger partial charge < -0.3 is 4.90 Å². The van der Waals surface area contributed by atoms with Crippen LogP contribution in [0.1, 0.15) is 22.5 Å². The van der Waals surface area contributed by atoms with E-state index in [0.717, 1.165) is 28.1 Å². The van der Waals surface area contributed by atoms with Crippen LogP contribution in [0.2, 0.25) is 0 Å². The van der Waals surface area contributed by atoms with E-state index in [-0.39, 0.29) is 11.5 Å². The first kappa shape index (κ1) is 19.0. The van der Waals surface area contributed by atoms with Crippen LogP contribution in [-0.2, 0) is 4.79 Å². The highest BCUT2D eigenvalue weighted by molar-refractivity contribution is 6.35. The summed E-state index contributed by atoms with van der Waals surface area (Å²) < 4.78 is 1.60. The van der Waals surface area contributed by atoms with Crippen molar-refractivity contribution in [3.05, 3.63) is 99.6 Å². The number of aromatic nitrogens is 2. The second-order valence-corrected chi connectivity index (χ2v) is 7.86. The largest absolute Gasteiger partial charge is 0.311 e. The molecule has 1 aliphatic rings. The molecule has 2 heterocycles. The van der Waals surface area contributed by atoms with Gasteiger partial charge in [-0.25, -0.2) is 4.98 Å². The van der Waals surface area contributed by atoms with Crippen LogP contribution < -0.4 is 10.5 Å². The van der Waals surface area contributed by atoms with Crippen molar-refractivity contribution in [2.24, 2.45) is 0 Å². The van der Waals surface area contributed by atoms with Gasteiger partial charge in [0.2, 0.25) is 0 Å². The molecule has 0 radical (unpaired) electrons. The van der Waals surface area contributed by atoms with Crippen LogP contribution in [0, 0.1) is 13.8 Å². The van der Waals surface area contributed by atoms with Gasteiger partial charge in [-0.15, -0.1) is 0 Å². The Morgan fingerprint density at radius 2 is 1.61 bits per heavy atom. The number of benzene rings is 3. The number of para-hydroxylation sites is 2. The molecular weight excluding hydrogens is 386 g/mol. The van der Waals surface area contributed by atoms with E-state index in [1.807, 2.05) is 74.5 Å².